The zero-order chi connectivity index (χ0) is 11.1. The van der Waals surface area contributed by atoms with Gasteiger partial charge in [0.05, 0.1) is 7.11 Å². The minimum absolute atomic E-state index is 1.05. The summed E-state index contributed by atoms with van der Waals surface area (Å²) in [5.74, 6) is 1.05. The van der Waals surface area contributed by atoms with Gasteiger partial charge in [0.1, 0.15) is 5.75 Å². The lowest BCUT2D eigenvalue weighted by atomic mass is 9.98. The summed E-state index contributed by atoms with van der Waals surface area (Å²) >= 11 is 0. The van der Waals surface area contributed by atoms with Crippen LogP contribution in [0.2, 0.25) is 0 Å². The van der Waals surface area contributed by atoms with E-state index < -0.39 is 0 Å². The number of rotatable bonds is 6. The van der Waals surface area contributed by atoms with Crippen molar-refractivity contribution in [2.75, 3.05) is 7.11 Å². The average Bonchev–Trinajstić information content (AvgIpc) is 2.29. The fourth-order valence-electron chi connectivity index (χ4n) is 1.90. The fourth-order valence-corrected chi connectivity index (χ4v) is 1.90. The maximum absolute atomic E-state index is 5.41. The molecule has 0 saturated carbocycles. The standard InChI is InChI=1S/C14H21O/c1-4-6-7-10-13-12(5-2)9-8-11-14(13)15-3/h4,8-9,11H,5-7,10H2,1-3H3. The predicted octanol–water partition coefficient (Wildman–Crippen LogP) is 3.80. The van der Waals surface area contributed by atoms with Crippen LogP contribution < -0.4 is 4.74 Å². The number of aryl methyl sites for hydroxylation is 1. The molecule has 1 rings (SSSR count). The van der Waals surface area contributed by atoms with E-state index in [-0.39, 0.29) is 0 Å². The molecule has 1 aromatic rings. The van der Waals surface area contributed by atoms with Gasteiger partial charge >= 0.3 is 0 Å². The zero-order valence-corrected chi connectivity index (χ0v) is 10.0. The molecule has 83 valence electrons. The van der Waals surface area contributed by atoms with Crippen LogP contribution in [-0.2, 0) is 12.8 Å². The SMILES string of the molecule is C[CH]CCCc1c(CC)cccc1OC. The molecule has 0 bridgehead atoms. The molecule has 0 fully saturated rings. The van der Waals surface area contributed by atoms with Gasteiger partial charge in [-0.1, -0.05) is 32.4 Å². The molecular formula is C14H21O. The first kappa shape index (κ1) is 12.1. The van der Waals surface area contributed by atoms with Gasteiger partial charge < -0.3 is 4.74 Å². The van der Waals surface area contributed by atoms with Crippen LogP contribution >= 0.6 is 0 Å². The van der Waals surface area contributed by atoms with Crippen LogP contribution in [0.1, 0.15) is 37.8 Å². The monoisotopic (exact) mass is 205 g/mol. The Kier molecular flexibility index (Phi) is 5.23. The van der Waals surface area contributed by atoms with Crippen LogP contribution in [0, 0.1) is 6.42 Å². The Labute approximate surface area is 93.5 Å². The number of hydrogen-bond acceptors (Lipinski definition) is 1. The summed E-state index contributed by atoms with van der Waals surface area (Å²) in [4.78, 5) is 0. The third kappa shape index (κ3) is 3.26. The third-order valence-corrected chi connectivity index (χ3v) is 2.75. The molecule has 0 aliphatic rings. The Hall–Kier alpha value is -0.980. The van der Waals surface area contributed by atoms with E-state index in [1.807, 2.05) is 0 Å². The highest BCUT2D eigenvalue weighted by Gasteiger charge is 2.06. The van der Waals surface area contributed by atoms with Crippen LogP contribution in [0.4, 0.5) is 0 Å². The smallest absolute Gasteiger partial charge is 0.122 e. The Balaban J connectivity index is 2.80. The van der Waals surface area contributed by atoms with Gasteiger partial charge in [-0.15, -0.1) is 0 Å². The average molecular weight is 205 g/mol. The van der Waals surface area contributed by atoms with Crippen molar-refractivity contribution in [2.24, 2.45) is 0 Å². The first-order chi connectivity index (χ1) is 7.33. The van der Waals surface area contributed by atoms with Crippen molar-refractivity contribution in [2.45, 2.75) is 39.5 Å². The molecule has 1 radical (unpaired) electrons. The van der Waals surface area contributed by atoms with E-state index in [4.69, 9.17) is 4.74 Å². The largest absolute Gasteiger partial charge is 0.496 e. The molecule has 1 heteroatoms. The van der Waals surface area contributed by atoms with E-state index in [0.717, 1.165) is 18.6 Å². The topological polar surface area (TPSA) is 9.23 Å². The van der Waals surface area contributed by atoms with Crippen molar-refractivity contribution >= 4 is 0 Å². The van der Waals surface area contributed by atoms with Gasteiger partial charge in [-0.3, -0.25) is 0 Å². The lowest BCUT2D eigenvalue weighted by Gasteiger charge is -2.12. The Bertz CT molecular complexity index is 269. The summed E-state index contributed by atoms with van der Waals surface area (Å²) in [6, 6.07) is 6.34. The van der Waals surface area contributed by atoms with Gasteiger partial charge in [-0.2, -0.15) is 0 Å². The van der Waals surface area contributed by atoms with Crippen molar-refractivity contribution in [3.8, 4) is 5.75 Å². The van der Waals surface area contributed by atoms with Crippen molar-refractivity contribution in [3.05, 3.63) is 35.7 Å². The van der Waals surface area contributed by atoms with Crippen LogP contribution in [0.3, 0.4) is 0 Å². The number of hydrogen-bond donors (Lipinski definition) is 0. The van der Waals surface area contributed by atoms with E-state index in [1.165, 1.54) is 24.0 Å². The molecule has 0 aromatic heterocycles. The summed E-state index contributed by atoms with van der Waals surface area (Å²) in [6.07, 6.45) is 6.83. The number of benzene rings is 1. The molecule has 0 N–H and O–H groups in total. The van der Waals surface area contributed by atoms with Crippen molar-refractivity contribution in [1.29, 1.82) is 0 Å². The quantitative estimate of drug-likeness (QED) is 0.642. The molecule has 0 atom stereocenters. The lowest BCUT2D eigenvalue weighted by Crippen LogP contribution is -1.97. The number of methoxy groups -OCH3 is 1. The first-order valence-electron chi connectivity index (χ1n) is 5.76. The fraction of sp³-hybridized carbons (Fsp3) is 0.500. The first-order valence-corrected chi connectivity index (χ1v) is 5.76. The zero-order valence-electron chi connectivity index (χ0n) is 10.0. The minimum atomic E-state index is 1.05. The second-order valence-electron chi connectivity index (χ2n) is 3.75. The molecule has 15 heavy (non-hydrogen) atoms. The molecular weight excluding hydrogens is 184 g/mol. The molecule has 0 unspecified atom stereocenters. The molecule has 0 aliphatic heterocycles. The van der Waals surface area contributed by atoms with E-state index in [9.17, 15) is 0 Å². The molecule has 0 heterocycles. The second-order valence-corrected chi connectivity index (χ2v) is 3.75. The number of ether oxygens (including phenoxy) is 1. The Morgan fingerprint density at radius 3 is 2.73 bits per heavy atom. The highest BCUT2D eigenvalue weighted by molar-refractivity contribution is 5.40. The summed E-state index contributed by atoms with van der Waals surface area (Å²) in [6.45, 7) is 4.31. The maximum atomic E-state index is 5.41. The Morgan fingerprint density at radius 2 is 2.13 bits per heavy atom. The van der Waals surface area contributed by atoms with Gasteiger partial charge in [-0.25, -0.2) is 0 Å². The van der Waals surface area contributed by atoms with E-state index in [2.05, 4.69) is 38.5 Å². The maximum Gasteiger partial charge on any atom is 0.122 e. The highest BCUT2D eigenvalue weighted by atomic mass is 16.5. The Morgan fingerprint density at radius 1 is 1.33 bits per heavy atom. The predicted molar refractivity (Wildman–Crippen MR) is 65.3 cm³/mol. The summed E-state index contributed by atoms with van der Waals surface area (Å²) < 4.78 is 5.41. The molecule has 1 aromatic carbocycles. The van der Waals surface area contributed by atoms with Gasteiger partial charge in [0.15, 0.2) is 0 Å². The molecule has 0 amide bonds. The summed E-state index contributed by atoms with van der Waals surface area (Å²) in [5.41, 5.74) is 2.81. The van der Waals surface area contributed by atoms with Crippen molar-refractivity contribution in [3.63, 3.8) is 0 Å². The number of unbranched alkanes of at least 4 members (excludes halogenated alkanes) is 2. The summed E-state index contributed by atoms with van der Waals surface area (Å²) in [5, 5.41) is 0. The van der Waals surface area contributed by atoms with E-state index in [0.29, 0.717) is 0 Å². The van der Waals surface area contributed by atoms with Gasteiger partial charge in [-0.05, 0) is 42.9 Å². The minimum Gasteiger partial charge on any atom is -0.496 e. The van der Waals surface area contributed by atoms with Crippen molar-refractivity contribution in [1.82, 2.24) is 0 Å². The third-order valence-electron chi connectivity index (χ3n) is 2.75. The van der Waals surface area contributed by atoms with E-state index >= 15 is 0 Å². The lowest BCUT2D eigenvalue weighted by molar-refractivity contribution is 0.408. The molecule has 0 aliphatic carbocycles. The normalized spacial score (nSPS) is 10.3. The van der Waals surface area contributed by atoms with Gasteiger partial charge in [0.2, 0.25) is 0 Å². The molecule has 1 nitrogen and oxygen atoms in total. The van der Waals surface area contributed by atoms with E-state index in [1.54, 1.807) is 7.11 Å². The molecule has 0 spiro atoms. The highest BCUT2D eigenvalue weighted by Crippen LogP contribution is 2.24. The van der Waals surface area contributed by atoms with Crippen LogP contribution in [0.15, 0.2) is 18.2 Å². The summed E-state index contributed by atoms with van der Waals surface area (Å²) in [7, 11) is 1.75. The van der Waals surface area contributed by atoms with Crippen LogP contribution in [-0.4, -0.2) is 7.11 Å². The van der Waals surface area contributed by atoms with Gasteiger partial charge in [0, 0.05) is 0 Å². The van der Waals surface area contributed by atoms with Gasteiger partial charge in [0.25, 0.3) is 0 Å². The molecule has 0 saturated heterocycles. The van der Waals surface area contributed by atoms with Crippen LogP contribution in [0.5, 0.6) is 5.75 Å². The van der Waals surface area contributed by atoms with Crippen molar-refractivity contribution < 1.29 is 4.74 Å². The second kappa shape index (κ2) is 6.49. The van der Waals surface area contributed by atoms with Crippen LogP contribution in [0.25, 0.3) is 0 Å².